The van der Waals surface area contributed by atoms with Gasteiger partial charge in [0.05, 0.1) is 0 Å². The summed E-state index contributed by atoms with van der Waals surface area (Å²) in [5.74, 6) is -18.6. The van der Waals surface area contributed by atoms with Crippen LogP contribution in [0.25, 0.3) is 0 Å². The monoisotopic (exact) mass is 368 g/mol. The Labute approximate surface area is 97.3 Å². The van der Waals surface area contributed by atoms with E-state index in [1.807, 2.05) is 0 Å². The molecule has 0 rings (SSSR count). The fraction of sp³-hybridized carbons (Fsp3) is 1.00. The van der Waals surface area contributed by atoms with Gasteiger partial charge in [-0.15, -0.1) is 0 Å². The Morgan fingerprint density at radius 3 is 1.31 bits per heavy atom. The van der Waals surface area contributed by atoms with Crippen LogP contribution in [0.3, 0.4) is 0 Å². The molecule has 0 fully saturated rings. The first-order valence-electron chi connectivity index (χ1n) is 3.71. The minimum atomic E-state index is -6.75. The van der Waals surface area contributed by atoms with Gasteiger partial charge in [0, 0.05) is 0 Å². The Bertz CT molecular complexity index is 243. The van der Waals surface area contributed by atoms with Crippen molar-refractivity contribution in [1.29, 1.82) is 0 Å². The fourth-order valence-corrected chi connectivity index (χ4v) is 1.78. The van der Waals surface area contributed by atoms with Gasteiger partial charge in [0.1, 0.15) is 0 Å². The van der Waals surface area contributed by atoms with Crippen molar-refractivity contribution in [3.05, 3.63) is 0 Å². The zero-order chi connectivity index (χ0) is 13.4. The standard InChI is InChI=1S/C6H4F9.Sn.H/c1-2-3(7,8)4(9,10)5(11,12)6(13,14)15;;/h1-2H2;;. The third kappa shape index (κ3) is 2.53. The average molecular weight is 367 g/mol. The van der Waals surface area contributed by atoms with Crippen LogP contribution in [0.5, 0.6) is 0 Å². The molecule has 96 valence electrons. The van der Waals surface area contributed by atoms with Gasteiger partial charge < -0.3 is 0 Å². The predicted molar refractivity (Wildman–Crippen MR) is 37.5 cm³/mol. The average Bonchev–Trinajstić information content (AvgIpc) is 2.01. The second-order valence-corrected chi connectivity index (χ2v) is 4.54. The number of hydrogen-bond acceptors (Lipinski definition) is 0. The molecule has 0 heterocycles. The summed E-state index contributed by atoms with van der Waals surface area (Å²) in [4.78, 5) is 0. The zero-order valence-corrected chi connectivity index (χ0v) is 10.7. The Hall–Kier alpha value is 0.169. The summed E-state index contributed by atoms with van der Waals surface area (Å²) in [6.07, 6.45) is -8.42. The Kier molecular flexibility index (Phi) is 4.49. The van der Waals surface area contributed by atoms with Crippen LogP contribution in [0.2, 0.25) is 4.44 Å². The summed E-state index contributed by atoms with van der Waals surface area (Å²) < 4.78 is 108. The van der Waals surface area contributed by atoms with Gasteiger partial charge in [0.25, 0.3) is 0 Å². The van der Waals surface area contributed by atoms with E-state index in [1.165, 1.54) is 0 Å². The molecule has 0 aliphatic carbocycles. The van der Waals surface area contributed by atoms with Crippen molar-refractivity contribution in [1.82, 2.24) is 0 Å². The van der Waals surface area contributed by atoms with Gasteiger partial charge in [0.2, 0.25) is 0 Å². The molecule has 0 N–H and O–H groups in total. The van der Waals surface area contributed by atoms with E-state index in [-0.39, 0.29) is 22.5 Å². The second-order valence-electron chi connectivity index (χ2n) is 2.89. The van der Waals surface area contributed by atoms with Crippen LogP contribution in [0.1, 0.15) is 6.42 Å². The molecule has 0 aromatic rings. The van der Waals surface area contributed by atoms with Crippen LogP contribution >= 0.6 is 0 Å². The third-order valence-electron chi connectivity index (χ3n) is 1.67. The molecule has 0 unspecified atom stereocenters. The first-order valence-corrected chi connectivity index (χ1v) is 6.04. The minimum absolute atomic E-state index is 0.0519. The first kappa shape index (κ1) is 16.2. The van der Waals surface area contributed by atoms with Crippen LogP contribution in [0.4, 0.5) is 39.5 Å². The van der Waals surface area contributed by atoms with Crippen molar-refractivity contribution in [2.45, 2.75) is 34.8 Å². The van der Waals surface area contributed by atoms with E-state index in [0.717, 1.165) is 0 Å². The molecule has 0 aromatic carbocycles. The van der Waals surface area contributed by atoms with E-state index >= 15 is 0 Å². The van der Waals surface area contributed by atoms with Crippen LogP contribution in [0, 0.1) is 0 Å². The molecule has 0 atom stereocenters. The van der Waals surface area contributed by atoms with Crippen molar-refractivity contribution in [3.63, 3.8) is 0 Å². The summed E-state index contributed by atoms with van der Waals surface area (Å²) in [5.41, 5.74) is 0. The normalized spacial score (nSPS) is 15.4. The molecule has 0 saturated heterocycles. The van der Waals surface area contributed by atoms with Gasteiger partial charge in [-0.2, -0.15) is 0 Å². The Morgan fingerprint density at radius 2 is 1.06 bits per heavy atom. The van der Waals surface area contributed by atoms with Crippen molar-refractivity contribution in [2.75, 3.05) is 0 Å². The van der Waals surface area contributed by atoms with Crippen LogP contribution in [-0.4, -0.2) is 46.5 Å². The van der Waals surface area contributed by atoms with E-state index in [1.54, 1.807) is 0 Å². The van der Waals surface area contributed by atoms with E-state index < -0.39 is 34.8 Å². The quantitative estimate of drug-likeness (QED) is 0.529. The molecule has 0 nitrogen and oxygen atoms in total. The SMILES string of the molecule is FC(F)(F)C(F)(F)C(F)(F)C(F)(F)C[CH2][SnH]. The topological polar surface area (TPSA) is 0 Å². The van der Waals surface area contributed by atoms with Gasteiger partial charge in [-0.25, -0.2) is 0 Å². The summed E-state index contributed by atoms with van der Waals surface area (Å²) in [6, 6.07) is 0. The Morgan fingerprint density at radius 1 is 0.688 bits per heavy atom. The van der Waals surface area contributed by atoms with Gasteiger partial charge >= 0.3 is 96.8 Å². The number of alkyl halides is 9. The number of hydrogen-bond donors (Lipinski definition) is 0. The van der Waals surface area contributed by atoms with E-state index in [9.17, 15) is 39.5 Å². The van der Waals surface area contributed by atoms with Crippen LogP contribution in [0.15, 0.2) is 0 Å². The molecule has 0 spiro atoms. The van der Waals surface area contributed by atoms with Gasteiger partial charge in [-0.3, -0.25) is 0 Å². The molecule has 0 aliphatic heterocycles. The second kappa shape index (κ2) is 4.45. The molecule has 0 saturated carbocycles. The van der Waals surface area contributed by atoms with E-state index in [4.69, 9.17) is 0 Å². The van der Waals surface area contributed by atoms with Crippen LogP contribution < -0.4 is 0 Å². The number of rotatable bonds is 4. The number of halogens is 9. The summed E-state index contributed by atoms with van der Waals surface area (Å²) in [6.45, 7) is 0. The van der Waals surface area contributed by atoms with Crippen molar-refractivity contribution in [3.8, 4) is 0 Å². The fourth-order valence-electron chi connectivity index (χ4n) is 0.746. The zero-order valence-electron chi connectivity index (χ0n) is 7.39. The van der Waals surface area contributed by atoms with Crippen molar-refractivity contribution < 1.29 is 39.5 Å². The molecular formula is C6H5F9Sn. The summed E-state index contributed by atoms with van der Waals surface area (Å²) in [5, 5.41) is 0. The van der Waals surface area contributed by atoms with Gasteiger partial charge in [0.15, 0.2) is 0 Å². The molecule has 2 radical (unpaired) electrons. The molecule has 0 aliphatic rings. The van der Waals surface area contributed by atoms with Gasteiger partial charge in [-0.05, 0) is 0 Å². The summed E-state index contributed by atoms with van der Waals surface area (Å²) >= 11 is 0.0519. The Balaban J connectivity index is 5.34. The first-order chi connectivity index (χ1) is 6.81. The van der Waals surface area contributed by atoms with E-state index in [0.29, 0.717) is 0 Å². The van der Waals surface area contributed by atoms with Crippen molar-refractivity contribution >= 4 is 22.5 Å². The molecule has 0 aromatic heterocycles. The molecular weight excluding hydrogens is 362 g/mol. The predicted octanol–water partition coefficient (Wildman–Crippen LogP) is 3.16. The van der Waals surface area contributed by atoms with Crippen molar-refractivity contribution in [2.24, 2.45) is 0 Å². The molecule has 10 heteroatoms. The molecule has 0 amide bonds. The van der Waals surface area contributed by atoms with E-state index in [2.05, 4.69) is 0 Å². The third-order valence-corrected chi connectivity index (χ3v) is 2.49. The molecule has 0 bridgehead atoms. The maximum absolute atomic E-state index is 12.5. The maximum atomic E-state index is 12.5. The van der Waals surface area contributed by atoms with Gasteiger partial charge in [-0.1, -0.05) is 0 Å². The van der Waals surface area contributed by atoms with Crippen LogP contribution in [-0.2, 0) is 0 Å². The molecule has 16 heavy (non-hydrogen) atoms. The summed E-state index contributed by atoms with van der Waals surface area (Å²) in [7, 11) is 0.